The van der Waals surface area contributed by atoms with Crippen LogP contribution >= 0.6 is 0 Å². The zero-order valence-electron chi connectivity index (χ0n) is 17.9. The highest BCUT2D eigenvalue weighted by molar-refractivity contribution is 6.15. The van der Waals surface area contributed by atoms with Gasteiger partial charge in [-0.1, -0.05) is 30.9 Å². The summed E-state index contributed by atoms with van der Waals surface area (Å²) in [6.45, 7) is 15.3. The van der Waals surface area contributed by atoms with E-state index in [1.165, 1.54) is 32.5 Å². The van der Waals surface area contributed by atoms with Crippen LogP contribution in [0.2, 0.25) is 0 Å². The maximum atomic E-state index is 13.2. The third kappa shape index (κ3) is 4.71. The second kappa shape index (κ2) is 9.67. The molecule has 4 heteroatoms. The number of carbonyl (C=O) groups is 1. The van der Waals surface area contributed by atoms with Crippen molar-refractivity contribution in [3.8, 4) is 0 Å². The van der Waals surface area contributed by atoms with Crippen LogP contribution in [-0.4, -0.2) is 59.8 Å². The zero-order chi connectivity index (χ0) is 20.9. The minimum Gasteiger partial charge on any atom is -0.302 e. The van der Waals surface area contributed by atoms with E-state index < -0.39 is 0 Å². The number of carbonyl (C=O) groups excluding carboxylic acids is 1. The number of para-hydroxylation sites is 1. The van der Waals surface area contributed by atoms with Crippen LogP contribution in [0, 0.1) is 11.8 Å². The van der Waals surface area contributed by atoms with Crippen molar-refractivity contribution in [2.45, 2.75) is 25.7 Å². The minimum absolute atomic E-state index is 0.0490. The lowest BCUT2D eigenvalue weighted by Gasteiger charge is -2.38. The third-order valence-corrected chi connectivity index (χ3v) is 6.85. The Bertz CT molecular complexity index is 910. The van der Waals surface area contributed by atoms with Gasteiger partial charge in [-0.3, -0.25) is 9.78 Å². The van der Waals surface area contributed by atoms with Gasteiger partial charge in [0, 0.05) is 36.8 Å². The number of fused-ring (bicyclic) bond motifs is 1. The predicted octanol–water partition coefficient (Wildman–Crippen LogP) is 4.58. The lowest BCUT2D eigenvalue weighted by atomic mass is 9.80. The number of ketones is 1. The van der Waals surface area contributed by atoms with Gasteiger partial charge in [0.1, 0.15) is 0 Å². The lowest BCUT2D eigenvalue weighted by Crippen LogP contribution is -2.43. The normalized spacial score (nSPS) is 22.9. The number of allylic oxidation sites excluding steroid dienone is 1. The molecule has 2 aliphatic heterocycles. The van der Waals surface area contributed by atoms with Gasteiger partial charge in [0.2, 0.25) is 0 Å². The summed E-state index contributed by atoms with van der Waals surface area (Å²) >= 11 is 0. The summed E-state index contributed by atoms with van der Waals surface area (Å²) in [7, 11) is 0. The molecule has 4 rings (SSSR count). The highest BCUT2D eigenvalue weighted by Gasteiger charge is 2.29. The van der Waals surface area contributed by atoms with Crippen molar-refractivity contribution in [3.63, 3.8) is 0 Å². The predicted molar refractivity (Wildman–Crippen MR) is 124 cm³/mol. The van der Waals surface area contributed by atoms with Gasteiger partial charge in [-0.25, -0.2) is 0 Å². The van der Waals surface area contributed by atoms with Gasteiger partial charge in [0.25, 0.3) is 0 Å². The van der Waals surface area contributed by atoms with Gasteiger partial charge in [0.05, 0.1) is 5.52 Å². The molecule has 2 saturated heterocycles. The Morgan fingerprint density at radius 1 is 1.10 bits per heavy atom. The molecule has 2 aliphatic rings. The van der Waals surface area contributed by atoms with E-state index in [2.05, 4.69) is 34.0 Å². The summed E-state index contributed by atoms with van der Waals surface area (Å²) in [6, 6.07) is 9.64. The topological polar surface area (TPSA) is 36.4 Å². The fourth-order valence-electron chi connectivity index (χ4n) is 5.01. The van der Waals surface area contributed by atoms with Crippen molar-refractivity contribution in [1.29, 1.82) is 0 Å². The summed E-state index contributed by atoms with van der Waals surface area (Å²) in [6.07, 6.45) is 8.34. The molecule has 0 bridgehead atoms. The molecule has 2 atom stereocenters. The van der Waals surface area contributed by atoms with E-state index in [4.69, 9.17) is 0 Å². The molecular weight excluding hydrogens is 370 g/mol. The van der Waals surface area contributed by atoms with Gasteiger partial charge in [-0.2, -0.15) is 0 Å². The SMILES string of the molecule is C=CC1CN(CCN2CCCC2)CCC1CC(=C)C(=O)c1ccnc2ccccc12. The summed E-state index contributed by atoms with van der Waals surface area (Å²) < 4.78 is 0. The first-order valence-electron chi connectivity index (χ1n) is 11.3. The van der Waals surface area contributed by atoms with Crippen LogP contribution in [0.3, 0.4) is 0 Å². The fourth-order valence-corrected chi connectivity index (χ4v) is 5.01. The first-order chi connectivity index (χ1) is 14.7. The number of benzene rings is 1. The zero-order valence-corrected chi connectivity index (χ0v) is 17.9. The Morgan fingerprint density at radius 2 is 1.87 bits per heavy atom. The molecule has 0 amide bonds. The van der Waals surface area contributed by atoms with Crippen molar-refractivity contribution in [2.75, 3.05) is 39.3 Å². The Morgan fingerprint density at radius 3 is 2.67 bits per heavy atom. The number of pyridine rings is 1. The van der Waals surface area contributed by atoms with E-state index in [1.54, 1.807) is 6.20 Å². The van der Waals surface area contributed by atoms with Crippen LogP contribution in [0.4, 0.5) is 0 Å². The van der Waals surface area contributed by atoms with Crippen LogP contribution in [0.5, 0.6) is 0 Å². The molecule has 2 fully saturated rings. The third-order valence-electron chi connectivity index (χ3n) is 6.85. The average molecular weight is 404 g/mol. The van der Waals surface area contributed by atoms with Crippen molar-refractivity contribution in [3.05, 3.63) is 66.9 Å². The summed E-state index contributed by atoms with van der Waals surface area (Å²) in [5, 5.41) is 0.906. The molecule has 0 saturated carbocycles. The maximum absolute atomic E-state index is 13.2. The molecule has 30 heavy (non-hydrogen) atoms. The average Bonchev–Trinajstić information content (AvgIpc) is 3.31. The Labute approximate surface area is 180 Å². The quantitative estimate of drug-likeness (QED) is 0.367. The van der Waals surface area contributed by atoms with Crippen molar-refractivity contribution < 1.29 is 4.79 Å². The number of rotatable bonds is 8. The van der Waals surface area contributed by atoms with E-state index in [0.717, 1.165) is 43.4 Å². The highest BCUT2D eigenvalue weighted by atomic mass is 16.1. The van der Waals surface area contributed by atoms with Gasteiger partial charge < -0.3 is 9.80 Å². The van der Waals surface area contributed by atoms with E-state index in [0.29, 0.717) is 23.0 Å². The molecule has 0 aliphatic carbocycles. The largest absolute Gasteiger partial charge is 0.302 e. The Balaban J connectivity index is 1.36. The summed E-state index contributed by atoms with van der Waals surface area (Å²) in [4.78, 5) is 22.7. The van der Waals surface area contributed by atoms with Gasteiger partial charge >= 0.3 is 0 Å². The second-order valence-corrected chi connectivity index (χ2v) is 8.81. The number of piperidine rings is 1. The molecule has 2 aromatic rings. The Kier molecular flexibility index (Phi) is 6.76. The molecule has 3 heterocycles. The van der Waals surface area contributed by atoms with Crippen LogP contribution in [-0.2, 0) is 0 Å². The number of hydrogen-bond acceptors (Lipinski definition) is 4. The lowest BCUT2D eigenvalue weighted by molar-refractivity contribution is 0.101. The standard InChI is InChI=1S/C26H33N3O/c1-3-21-19-29(17-16-28-13-6-7-14-28)15-11-22(21)18-20(2)26(30)24-10-12-27-25-9-5-4-8-23(24)25/h3-5,8-10,12,21-22H,1-2,6-7,11,13-19H2. The number of aromatic nitrogens is 1. The molecule has 158 valence electrons. The molecule has 1 aromatic heterocycles. The van der Waals surface area contributed by atoms with E-state index in [9.17, 15) is 4.79 Å². The maximum Gasteiger partial charge on any atom is 0.189 e. The molecule has 0 spiro atoms. The smallest absolute Gasteiger partial charge is 0.189 e. The minimum atomic E-state index is 0.0490. The second-order valence-electron chi connectivity index (χ2n) is 8.81. The molecule has 2 unspecified atom stereocenters. The fraction of sp³-hybridized carbons (Fsp3) is 0.462. The van der Waals surface area contributed by atoms with Crippen LogP contribution in [0.25, 0.3) is 10.9 Å². The number of likely N-dealkylation sites (tertiary alicyclic amines) is 2. The van der Waals surface area contributed by atoms with Crippen LogP contribution in [0.15, 0.2) is 61.3 Å². The van der Waals surface area contributed by atoms with Crippen LogP contribution in [0.1, 0.15) is 36.0 Å². The number of Topliss-reactive ketones (excluding diaryl/α,β-unsaturated/α-hetero) is 1. The highest BCUT2D eigenvalue weighted by Crippen LogP contribution is 2.31. The summed E-state index contributed by atoms with van der Waals surface area (Å²) in [5.74, 6) is 0.902. The van der Waals surface area contributed by atoms with Gasteiger partial charge in [-0.15, -0.1) is 6.58 Å². The number of hydrogen-bond donors (Lipinski definition) is 0. The summed E-state index contributed by atoms with van der Waals surface area (Å²) in [5.41, 5.74) is 2.27. The van der Waals surface area contributed by atoms with Crippen molar-refractivity contribution >= 4 is 16.7 Å². The molecule has 4 nitrogen and oxygen atoms in total. The van der Waals surface area contributed by atoms with E-state index >= 15 is 0 Å². The van der Waals surface area contributed by atoms with Gasteiger partial charge in [0.15, 0.2) is 5.78 Å². The van der Waals surface area contributed by atoms with E-state index in [-0.39, 0.29) is 5.78 Å². The monoisotopic (exact) mass is 403 g/mol. The first-order valence-corrected chi connectivity index (χ1v) is 11.3. The first kappa shape index (κ1) is 21.0. The van der Waals surface area contributed by atoms with Crippen molar-refractivity contribution in [2.24, 2.45) is 11.8 Å². The molecular formula is C26H33N3O. The van der Waals surface area contributed by atoms with E-state index in [1.807, 2.05) is 30.3 Å². The number of nitrogens with zero attached hydrogens (tertiary/aromatic N) is 3. The molecule has 0 N–H and O–H groups in total. The molecule has 0 radical (unpaired) electrons. The van der Waals surface area contributed by atoms with Gasteiger partial charge in [-0.05, 0) is 74.9 Å². The van der Waals surface area contributed by atoms with Crippen molar-refractivity contribution in [1.82, 2.24) is 14.8 Å². The Hall–Kier alpha value is -2.30. The van der Waals surface area contributed by atoms with Crippen LogP contribution < -0.4 is 0 Å². The molecule has 1 aromatic carbocycles.